The number of amides is 1. The minimum absolute atomic E-state index is 0.0717. The standard InChI is InChI=1S/C29H25ClN4O5S/c1-3-37-25-16-18(11-12-24(25)39-14-13-38-20-8-6-7-19(17-20)36-2)15-22-26(31)34-29(32-27(22)35)40-28(33-34)21-9-4-5-10-23(21)30/h4-12,15-17,31H,3,13-14H2,1-2H3/b22-15-,31-26?. The minimum Gasteiger partial charge on any atom is -0.497 e. The SMILES string of the molecule is CCOc1cc(/C=C2/C(=N)N3N=C(c4ccccc4Cl)SC3=NC2=O)ccc1OCCOc1cccc(OC)c1. The first-order chi connectivity index (χ1) is 19.5. The molecule has 0 unspecified atom stereocenters. The van der Waals surface area contributed by atoms with E-state index in [4.69, 9.17) is 36.0 Å². The Hall–Kier alpha value is -4.28. The summed E-state index contributed by atoms with van der Waals surface area (Å²) in [6, 6.07) is 19.9. The molecule has 2 heterocycles. The quantitative estimate of drug-likeness (QED) is 0.237. The van der Waals surface area contributed by atoms with Crippen molar-refractivity contribution >= 4 is 51.4 Å². The van der Waals surface area contributed by atoms with Crippen molar-refractivity contribution in [1.29, 1.82) is 5.41 Å². The molecule has 0 saturated carbocycles. The van der Waals surface area contributed by atoms with Crippen molar-refractivity contribution in [3.8, 4) is 23.0 Å². The van der Waals surface area contributed by atoms with Gasteiger partial charge < -0.3 is 18.9 Å². The zero-order valence-electron chi connectivity index (χ0n) is 21.7. The number of halogens is 1. The molecule has 5 rings (SSSR count). The lowest BCUT2D eigenvalue weighted by Gasteiger charge is -2.20. The smallest absolute Gasteiger partial charge is 0.283 e. The zero-order chi connectivity index (χ0) is 28.1. The summed E-state index contributed by atoms with van der Waals surface area (Å²) in [5.41, 5.74) is 1.47. The van der Waals surface area contributed by atoms with Gasteiger partial charge in [-0.1, -0.05) is 41.9 Å². The van der Waals surface area contributed by atoms with Gasteiger partial charge in [0.2, 0.25) is 5.17 Å². The van der Waals surface area contributed by atoms with E-state index in [1.165, 1.54) is 16.8 Å². The number of thioether (sulfide) groups is 1. The minimum atomic E-state index is -0.521. The lowest BCUT2D eigenvalue weighted by Crippen LogP contribution is -2.35. The molecule has 0 saturated heterocycles. The van der Waals surface area contributed by atoms with Crippen LogP contribution in [0.25, 0.3) is 6.08 Å². The Morgan fingerprint density at radius 3 is 2.58 bits per heavy atom. The average molecular weight is 577 g/mol. The van der Waals surface area contributed by atoms with Crippen molar-refractivity contribution in [3.63, 3.8) is 0 Å². The van der Waals surface area contributed by atoms with E-state index in [2.05, 4.69) is 10.1 Å². The summed E-state index contributed by atoms with van der Waals surface area (Å²) >= 11 is 7.52. The molecular formula is C29H25ClN4O5S. The molecule has 204 valence electrons. The van der Waals surface area contributed by atoms with Crippen LogP contribution < -0.4 is 18.9 Å². The highest BCUT2D eigenvalue weighted by Crippen LogP contribution is 2.34. The Labute approximate surface area is 240 Å². The Morgan fingerprint density at radius 2 is 1.77 bits per heavy atom. The zero-order valence-corrected chi connectivity index (χ0v) is 23.3. The molecule has 1 amide bonds. The van der Waals surface area contributed by atoms with Gasteiger partial charge in [0.15, 0.2) is 17.3 Å². The maximum atomic E-state index is 12.9. The van der Waals surface area contributed by atoms with Crippen LogP contribution in [0.1, 0.15) is 18.1 Å². The van der Waals surface area contributed by atoms with Gasteiger partial charge in [-0.15, -0.1) is 0 Å². The molecule has 0 fully saturated rings. The lowest BCUT2D eigenvalue weighted by atomic mass is 10.1. The van der Waals surface area contributed by atoms with E-state index in [-0.39, 0.29) is 18.0 Å². The highest BCUT2D eigenvalue weighted by molar-refractivity contribution is 8.27. The molecular weight excluding hydrogens is 552 g/mol. The number of aliphatic imine (C=N–C) groups is 1. The number of benzene rings is 3. The molecule has 40 heavy (non-hydrogen) atoms. The van der Waals surface area contributed by atoms with Gasteiger partial charge in [0.1, 0.15) is 29.8 Å². The summed E-state index contributed by atoms with van der Waals surface area (Å²) in [5.74, 6) is 1.84. The van der Waals surface area contributed by atoms with Crippen LogP contribution in [0.15, 0.2) is 82.4 Å². The van der Waals surface area contributed by atoms with Crippen LogP contribution in [0, 0.1) is 5.41 Å². The number of carbonyl (C=O) groups excluding carboxylic acids is 1. The van der Waals surface area contributed by atoms with E-state index in [1.54, 1.807) is 43.5 Å². The van der Waals surface area contributed by atoms with E-state index in [1.807, 2.05) is 43.3 Å². The van der Waals surface area contributed by atoms with E-state index < -0.39 is 5.91 Å². The third kappa shape index (κ3) is 5.98. The van der Waals surface area contributed by atoms with Gasteiger partial charge in [0, 0.05) is 11.6 Å². The first kappa shape index (κ1) is 27.3. The molecule has 11 heteroatoms. The number of hydrazone groups is 1. The normalized spacial score (nSPS) is 15.5. The van der Waals surface area contributed by atoms with Crippen LogP contribution in [0.4, 0.5) is 0 Å². The molecule has 1 N–H and O–H groups in total. The molecule has 0 aliphatic carbocycles. The summed E-state index contributed by atoms with van der Waals surface area (Å²) in [5, 5.41) is 15.9. The molecule has 3 aromatic carbocycles. The second-order valence-electron chi connectivity index (χ2n) is 8.42. The van der Waals surface area contributed by atoms with Crippen LogP contribution >= 0.6 is 23.4 Å². The number of rotatable bonds is 10. The highest BCUT2D eigenvalue weighted by Gasteiger charge is 2.36. The van der Waals surface area contributed by atoms with Crippen LogP contribution in [0.2, 0.25) is 5.02 Å². The van der Waals surface area contributed by atoms with Gasteiger partial charge in [-0.05, 0) is 60.7 Å². The van der Waals surface area contributed by atoms with Gasteiger partial charge in [-0.2, -0.15) is 15.1 Å². The van der Waals surface area contributed by atoms with E-state index >= 15 is 0 Å². The number of nitrogens with zero attached hydrogens (tertiary/aromatic N) is 3. The summed E-state index contributed by atoms with van der Waals surface area (Å²) < 4.78 is 22.6. The predicted molar refractivity (Wildman–Crippen MR) is 157 cm³/mol. The van der Waals surface area contributed by atoms with E-state index in [9.17, 15) is 4.79 Å². The van der Waals surface area contributed by atoms with E-state index in [0.717, 1.165) is 0 Å². The number of hydrogen-bond acceptors (Lipinski definition) is 8. The van der Waals surface area contributed by atoms with Crippen molar-refractivity contribution in [2.75, 3.05) is 26.9 Å². The van der Waals surface area contributed by atoms with Gasteiger partial charge in [0.25, 0.3) is 5.91 Å². The van der Waals surface area contributed by atoms with Gasteiger partial charge in [0.05, 0.1) is 24.3 Å². The highest BCUT2D eigenvalue weighted by atomic mass is 35.5. The topological polar surface area (TPSA) is 106 Å². The van der Waals surface area contributed by atoms with Crippen LogP contribution in [0.3, 0.4) is 0 Å². The maximum absolute atomic E-state index is 12.9. The predicted octanol–water partition coefficient (Wildman–Crippen LogP) is 5.87. The molecule has 2 aliphatic heterocycles. The van der Waals surface area contributed by atoms with E-state index in [0.29, 0.717) is 62.6 Å². The van der Waals surface area contributed by atoms with Gasteiger partial charge >= 0.3 is 0 Å². The van der Waals surface area contributed by atoms with Crippen molar-refractivity contribution in [3.05, 3.63) is 88.5 Å². The number of hydrogen-bond donors (Lipinski definition) is 1. The molecule has 0 atom stereocenters. The molecule has 0 bridgehead atoms. The summed E-state index contributed by atoms with van der Waals surface area (Å²) in [6.07, 6.45) is 1.59. The fourth-order valence-electron chi connectivity index (χ4n) is 3.91. The van der Waals surface area contributed by atoms with Crippen LogP contribution in [-0.4, -0.2) is 53.9 Å². The second-order valence-corrected chi connectivity index (χ2v) is 9.78. The Kier molecular flexibility index (Phi) is 8.37. The third-order valence-electron chi connectivity index (χ3n) is 5.79. The van der Waals surface area contributed by atoms with Crippen LogP contribution in [0.5, 0.6) is 23.0 Å². The Morgan fingerprint density at radius 1 is 0.975 bits per heavy atom. The van der Waals surface area contributed by atoms with Gasteiger partial charge in [-0.3, -0.25) is 10.2 Å². The Balaban J connectivity index is 1.30. The fraction of sp³-hybridized carbons (Fsp3) is 0.172. The summed E-state index contributed by atoms with van der Waals surface area (Å²) in [4.78, 5) is 17.0. The number of carbonyl (C=O) groups is 1. The number of nitrogens with one attached hydrogen (secondary N) is 1. The largest absolute Gasteiger partial charge is 0.497 e. The number of methoxy groups -OCH3 is 1. The first-order valence-corrected chi connectivity index (χ1v) is 13.6. The lowest BCUT2D eigenvalue weighted by molar-refractivity contribution is -0.114. The van der Waals surface area contributed by atoms with Crippen molar-refractivity contribution in [2.45, 2.75) is 6.92 Å². The number of fused-ring (bicyclic) bond motifs is 1. The van der Waals surface area contributed by atoms with Crippen molar-refractivity contribution in [2.24, 2.45) is 10.1 Å². The van der Waals surface area contributed by atoms with Gasteiger partial charge in [-0.25, -0.2) is 0 Å². The van der Waals surface area contributed by atoms with Crippen LogP contribution in [-0.2, 0) is 4.79 Å². The molecule has 0 aromatic heterocycles. The monoisotopic (exact) mass is 576 g/mol. The molecule has 0 radical (unpaired) electrons. The first-order valence-electron chi connectivity index (χ1n) is 12.4. The molecule has 9 nitrogen and oxygen atoms in total. The number of amidine groups is 2. The fourth-order valence-corrected chi connectivity index (χ4v) is 5.12. The summed E-state index contributed by atoms with van der Waals surface area (Å²) in [6.45, 7) is 2.90. The third-order valence-corrected chi connectivity index (χ3v) is 7.06. The molecule has 0 spiro atoms. The number of ether oxygens (including phenoxy) is 4. The molecule has 2 aliphatic rings. The van der Waals surface area contributed by atoms with Crippen molar-refractivity contribution in [1.82, 2.24) is 5.01 Å². The maximum Gasteiger partial charge on any atom is 0.283 e. The average Bonchev–Trinajstić information content (AvgIpc) is 3.38. The molecule has 3 aromatic rings. The second kappa shape index (κ2) is 12.3. The van der Waals surface area contributed by atoms with Crippen molar-refractivity contribution < 1.29 is 23.7 Å². The Bertz CT molecular complexity index is 1550. The summed E-state index contributed by atoms with van der Waals surface area (Å²) in [7, 11) is 1.60.